The number of nitrogens with two attached hydrogens (primary N) is 1. The van der Waals surface area contributed by atoms with Gasteiger partial charge in [0.05, 0.1) is 6.04 Å². The van der Waals surface area contributed by atoms with Gasteiger partial charge in [0, 0.05) is 6.54 Å². The third kappa shape index (κ3) is 8.03. The SMILES string of the molecule is CC(C)CCN1CCC(CNC(=O)[C@@H](N)C(C)C)CC1.Cl. The highest BCUT2D eigenvalue weighted by Gasteiger charge is 2.21. The Kier molecular flexibility index (Phi) is 10.3. The molecule has 21 heavy (non-hydrogen) atoms. The van der Waals surface area contributed by atoms with Crippen LogP contribution in [0.25, 0.3) is 0 Å². The van der Waals surface area contributed by atoms with Crippen molar-refractivity contribution < 1.29 is 4.79 Å². The van der Waals surface area contributed by atoms with E-state index in [0.717, 1.165) is 12.5 Å². The van der Waals surface area contributed by atoms with Gasteiger partial charge in [0.25, 0.3) is 0 Å². The monoisotopic (exact) mass is 319 g/mol. The Balaban J connectivity index is 0.00000400. The molecule has 4 nitrogen and oxygen atoms in total. The highest BCUT2D eigenvalue weighted by molar-refractivity contribution is 5.85. The number of halogens is 1. The van der Waals surface area contributed by atoms with Crippen LogP contribution >= 0.6 is 12.4 Å². The Morgan fingerprint density at radius 3 is 2.29 bits per heavy atom. The van der Waals surface area contributed by atoms with Crippen molar-refractivity contribution in [3.8, 4) is 0 Å². The van der Waals surface area contributed by atoms with Crippen molar-refractivity contribution in [2.45, 2.75) is 53.0 Å². The lowest BCUT2D eigenvalue weighted by Gasteiger charge is -2.32. The quantitative estimate of drug-likeness (QED) is 0.757. The highest BCUT2D eigenvalue weighted by atomic mass is 35.5. The summed E-state index contributed by atoms with van der Waals surface area (Å²) in [6.07, 6.45) is 3.66. The Morgan fingerprint density at radius 2 is 1.81 bits per heavy atom. The van der Waals surface area contributed by atoms with Crippen LogP contribution in [0.15, 0.2) is 0 Å². The maximum atomic E-state index is 11.8. The lowest BCUT2D eigenvalue weighted by Crippen LogP contribution is -2.46. The topological polar surface area (TPSA) is 58.4 Å². The highest BCUT2D eigenvalue weighted by Crippen LogP contribution is 2.17. The Morgan fingerprint density at radius 1 is 1.24 bits per heavy atom. The zero-order valence-corrected chi connectivity index (χ0v) is 14.9. The Hall–Kier alpha value is -0.320. The molecule has 1 rings (SSSR count). The van der Waals surface area contributed by atoms with E-state index < -0.39 is 0 Å². The van der Waals surface area contributed by atoms with E-state index in [9.17, 15) is 4.79 Å². The standard InChI is InChI=1S/C16H33N3O.ClH/c1-12(2)5-8-19-9-6-14(7-10-19)11-18-16(20)15(17)13(3)4;/h12-15H,5-11,17H2,1-4H3,(H,18,20);1H/t15-;/m0./s1. The predicted molar refractivity (Wildman–Crippen MR) is 91.7 cm³/mol. The molecule has 0 aromatic rings. The summed E-state index contributed by atoms with van der Waals surface area (Å²) in [6, 6.07) is -0.374. The summed E-state index contributed by atoms with van der Waals surface area (Å²) in [5.41, 5.74) is 5.85. The van der Waals surface area contributed by atoms with E-state index in [2.05, 4.69) is 24.1 Å². The van der Waals surface area contributed by atoms with E-state index in [1.807, 2.05) is 13.8 Å². The van der Waals surface area contributed by atoms with Gasteiger partial charge in [0.2, 0.25) is 5.91 Å². The predicted octanol–water partition coefficient (Wildman–Crippen LogP) is 2.27. The summed E-state index contributed by atoms with van der Waals surface area (Å²) >= 11 is 0. The van der Waals surface area contributed by atoms with Gasteiger partial charge in [-0.05, 0) is 56.7 Å². The zero-order valence-electron chi connectivity index (χ0n) is 14.1. The molecule has 126 valence electrons. The summed E-state index contributed by atoms with van der Waals surface area (Å²) in [4.78, 5) is 14.4. The van der Waals surface area contributed by atoms with Crippen LogP contribution < -0.4 is 11.1 Å². The van der Waals surface area contributed by atoms with Gasteiger partial charge in [-0.3, -0.25) is 4.79 Å². The van der Waals surface area contributed by atoms with Crippen LogP contribution in [0.2, 0.25) is 0 Å². The maximum absolute atomic E-state index is 11.8. The largest absolute Gasteiger partial charge is 0.354 e. The van der Waals surface area contributed by atoms with Gasteiger partial charge < -0.3 is 16.0 Å². The van der Waals surface area contributed by atoms with Gasteiger partial charge in [-0.25, -0.2) is 0 Å². The molecule has 1 saturated heterocycles. The molecule has 1 amide bonds. The van der Waals surface area contributed by atoms with E-state index in [4.69, 9.17) is 5.73 Å². The fraction of sp³-hybridized carbons (Fsp3) is 0.938. The minimum Gasteiger partial charge on any atom is -0.354 e. The molecular formula is C16H34ClN3O. The van der Waals surface area contributed by atoms with Gasteiger partial charge in [0.15, 0.2) is 0 Å². The average Bonchev–Trinajstić information content (AvgIpc) is 2.42. The minimum atomic E-state index is -0.374. The molecule has 3 N–H and O–H groups in total. The number of nitrogens with zero attached hydrogens (tertiary/aromatic N) is 1. The molecule has 0 spiro atoms. The van der Waals surface area contributed by atoms with Crippen molar-refractivity contribution >= 4 is 18.3 Å². The van der Waals surface area contributed by atoms with Gasteiger partial charge in [-0.2, -0.15) is 0 Å². The number of likely N-dealkylation sites (tertiary alicyclic amines) is 1. The van der Waals surface area contributed by atoms with Crippen molar-refractivity contribution in [2.75, 3.05) is 26.2 Å². The summed E-state index contributed by atoms with van der Waals surface area (Å²) < 4.78 is 0. The molecule has 0 radical (unpaired) electrons. The molecule has 0 saturated carbocycles. The second kappa shape index (κ2) is 10.4. The molecule has 5 heteroatoms. The minimum absolute atomic E-state index is 0. The van der Waals surface area contributed by atoms with E-state index in [1.165, 1.54) is 38.9 Å². The molecule has 1 fully saturated rings. The average molecular weight is 320 g/mol. The Labute approximate surface area is 136 Å². The van der Waals surface area contributed by atoms with Crippen molar-refractivity contribution in [3.63, 3.8) is 0 Å². The second-order valence-corrected chi connectivity index (χ2v) is 6.98. The number of carbonyl (C=O) groups is 1. The number of rotatable bonds is 7. The maximum Gasteiger partial charge on any atom is 0.237 e. The number of hydrogen-bond donors (Lipinski definition) is 2. The first-order chi connectivity index (χ1) is 9.40. The lowest BCUT2D eigenvalue weighted by atomic mass is 9.96. The fourth-order valence-electron chi connectivity index (χ4n) is 2.52. The molecule has 1 atom stereocenters. The molecule has 0 unspecified atom stereocenters. The number of piperidine rings is 1. The summed E-state index contributed by atoms with van der Waals surface area (Å²) in [6.45, 7) is 12.9. The zero-order chi connectivity index (χ0) is 15.1. The number of nitrogens with one attached hydrogen (secondary N) is 1. The first-order valence-electron chi connectivity index (χ1n) is 8.15. The molecular weight excluding hydrogens is 286 g/mol. The fourth-order valence-corrected chi connectivity index (χ4v) is 2.52. The van der Waals surface area contributed by atoms with Crippen LogP contribution in [-0.2, 0) is 4.79 Å². The molecule has 1 heterocycles. The first kappa shape index (κ1) is 20.7. The van der Waals surface area contributed by atoms with Crippen LogP contribution in [0.4, 0.5) is 0 Å². The van der Waals surface area contributed by atoms with Crippen molar-refractivity contribution in [1.29, 1.82) is 0 Å². The van der Waals surface area contributed by atoms with E-state index in [-0.39, 0.29) is 30.3 Å². The summed E-state index contributed by atoms with van der Waals surface area (Å²) in [5.74, 6) is 1.60. The normalized spacial score (nSPS) is 18.6. The van der Waals surface area contributed by atoms with Crippen LogP contribution in [0, 0.1) is 17.8 Å². The van der Waals surface area contributed by atoms with Gasteiger partial charge in [-0.15, -0.1) is 12.4 Å². The Bertz CT molecular complexity index is 289. The van der Waals surface area contributed by atoms with E-state index >= 15 is 0 Å². The molecule has 0 aromatic heterocycles. The summed E-state index contributed by atoms with van der Waals surface area (Å²) in [7, 11) is 0. The van der Waals surface area contributed by atoms with Crippen molar-refractivity contribution in [2.24, 2.45) is 23.5 Å². The van der Waals surface area contributed by atoms with E-state index in [1.54, 1.807) is 0 Å². The molecule has 1 aliphatic heterocycles. The van der Waals surface area contributed by atoms with Crippen LogP contribution in [-0.4, -0.2) is 43.0 Å². The van der Waals surface area contributed by atoms with Crippen LogP contribution in [0.3, 0.4) is 0 Å². The van der Waals surface area contributed by atoms with Gasteiger partial charge in [0.1, 0.15) is 0 Å². The number of hydrogen-bond acceptors (Lipinski definition) is 3. The molecule has 0 aromatic carbocycles. The van der Waals surface area contributed by atoms with Crippen molar-refractivity contribution in [1.82, 2.24) is 10.2 Å². The smallest absolute Gasteiger partial charge is 0.237 e. The van der Waals surface area contributed by atoms with Gasteiger partial charge >= 0.3 is 0 Å². The second-order valence-electron chi connectivity index (χ2n) is 6.98. The van der Waals surface area contributed by atoms with E-state index in [0.29, 0.717) is 5.92 Å². The third-order valence-corrected chi connectivity index (χ3v) is 4.32. The molecule has 0 aliphatic carbocycles. The molecule has 0 bridgehead atoms. The van der Waals surface area contributed by atoms with Crippen LogP contribution in [0.5, 0.6) is 0 Å². The summed E-state index contributed by atoms with van der Waals surface area (Å²) in [5, 5.41) is 3.02. The lowest BCUT2D eigenvalue weighted by molar-refractivity contribution is -0.123. The van der Waals surface area contributed by atoms with Crippen LogP contribution in [0.1, 0.15) is 47.0 Å². The molecule has 1 aliphatic rings. The van der Waals surface area contributed by atoms with Crippen molar-refractivity contribution in [3.05, 3.63) is 0 Å². The number of carbonyl (C=O) groups excluding carboxylic acids is 1. The first-order valence-corrected chi connectivity index (χ1v) is 8.15. The number of amides is 1. The van der Waals surface area contributed by atoms with Gasteiger partial charge in [-0.1, -0.05) is 27.7 Å². The third-order valence-electron chi connectivity index (χ3n) is 4.32.